The van der Waals surface area contributed by atoms with E-state index in [9.17, 15) is 4.79 Å². The summed E-state index contributed by atoms with van der Waals surface area (Å²) in [5.41, 5.74) is 6.26. The molecule has 86 valence electrons. The van der Waals surface area contributed by atoms with Gasteiger partial charge in [0.15, 0.2) is 0 Å². The lowest BCUT2D eigenvalue weighted by molar-refractivity contribution is 0.189. The van der Waals surface area contributed by atoms with Crippen molar-refractivity contribution in [2.75, 3.05) is 12.3 Å². The van der Waals surface area contributed by atoms with E-state index in [2.05, 4.69) is 10.3 Å². The molecule has 1 fully saturated rings. The van der Waals surface area contributed by atoms with Gasteiger partial charge in [-0.2, -0.15) is 4.98 Å². The van der Waals surface area contributed by atoms with E-state index in [1.54, 1.807) is 4.90 Å². The molecule has 6 heteroatoms. The predicted molar refractivity (Wildman–Crippen MR) is 56.6 cm³/mol. The van der Waals surface area contributed by atoms with Crippen molar-refractivity contribution >= 4 is 12.0 Å². The van der Waals surface area contributed by atoms with Gasteiger partial charge >= 0.3 is 6.03 Å². The van der Waals surface area contributed by atoms with Gasteiger partial charge in [-0.15, -0.1) is 0 Å². The lowest BCUT2D eigenvalue weighted by atomic mass is 10.2. The van der Waals surface area contributed by atoms with Crippen molar-refractivity contribution in [3.8, 4) is 0 Å². The zero-order valence-corrected chi connectivity index (χ0v) is 8.90. The normalized spacial score (nSPS) is 19.4. The van der Waals surface area contributed by atoms with Crippen molar-refractivity contribution in [3.63, 3.8) is 0 Å². The number of nitrogens with two attached hydrogens (primary N) is 1. The van der Waals surface area contributed by atoms with Crippen LogP contribution in [0.5, 0.6) is 0 Å². The minimum atomic E-state index is -0.00489. The second-order valence-corrected chi connectivity index (χ2v) is 4.32. The molecule has 2 amide bonds. The molecule has 0 aromatic carbocycles. The van der Waals surface area contributed by atoms with E-state index in [0.717, 1.165) is 24.3 Å². The molecular weight excluding hydrogens is 208 g/mol. The maximum absolute atomic E-state index is 11.8. The van der Waals surface area contributed by atoms with Crippen molar-refractivity contribution in [3.05, 3.63) is 11.5 Å². The van der Waals surface area contributed by atoms with Crippen LogP contribution in [0, 0.1) is 0 Å². The van der Waals surface area contributed by atoms with Crippen LogP contribution in [0.25, 0.3) is 0 Å². The molecule has 3 rings (SSSR count). The summed E-state index contributed by atoms with van der Waals surface area (Å²) in [6.45, 7) is 1.16. The summed E-state index contributed by atoms with van der Waals surface area (Å²) < 4.78 is 5.24. The first-order valence-electron chi connectivity index (χ1n) is 5.52. The molecule has 1 aliphatic heterocycles. The highest BCUT2D eigenvalue weighted by molar-refractivity contribution is 5.75. The zero-order valence-electron chi connectivity index (χ0n) is 8.90. The van der Waals surface area contributed by atoms with Crippen LogP contribution in [0.3, 0.4) is 0 Å². The molecule has 6 nitrogen and oxygen atoms in total. The average Bonchev–Trinajstić information content (AvgIpc) is 2.96. The SMILES string of the molecule is Nc1nc2c(o1)CCN(C(=O)NC1CC1)C2. The maximum Gasteiger partial charge on any atom is 0.317 e. The molecule has 1 aromatic heterocycles. The number of carbonyl (C=O) groups is 1. The number of amides is 2. The summed E-state index contributed by atoms with van der Waals surface area (Å²) in [4.78, 5) is 17.6. The number of urea groups is 1. The number of nitrogens with zero attached hydrogens (tertiary/aromatic N) is 2. The Hall–Kier alpha value is -1.72. The van der Waals surface area contributed by atoms with E-state index in [1.807, 2.05) is 0 Å². The van der Waals surface area contributed by atoms with Gasteiger partial charge < -0.3 is 20.4 Å². The Balaban J connectivity index is 1.69. The smallest absolute Gasteiger partial charge is 0.317 e. The largest absolute Gasteiger partial charge is 0.428 e. The first kappa shape index (κ1) is 9.50. The summed E-state index contributed by atoms with van der Waals surface area (Å²) in [6, 6.07) is 0.570. The molecule has 0 bridgehead atoms. The second kappa shape index (κ2) is 3.40. The Morgan fingerprint density at radius 1 is 1.56 bits per heavy atom. The fraction of sp³-hybridized carbons (Fsp3) is 0.600. The number of rotatable bonds is 1. The van der Waals surface area contributed by atoms with Crippen molar-refractivity contribution < 1.29 is 9.21 Å². The van der Waals surface area contributed by atoms with Crippen molar-refractivity contribution in [1.82, 2.24) is 15.2 Å². The minimum absolute atomic E-state index is 0.00489. The first-order chi connectivity index (χ1) is 7.72. The topological polar surface area (TPSA) is 84.4 Å². The van der Waals surface area contributed by atoms with Crippen LogP contribution < -0.4 is 11.1 Å². The van der Waals surface area contributed by atoms with Crippen LogP contribution >= 0.6 is 0 Å². The van der Waals surface area contributed by atoms with Gasteiger partial charge in [0.25, 0.3) is 6.01 Å². The van der Waals surface area contributed by atoms with E-state index >= 15 is 0 Å². The van der Waals surface area contributed by atoms with Gasteiger partial charge in [-0.25, -0.2) is 4.79 Å². The number of fused-ring (bicyclic) bond motifs is 1. The number of hydrogen-bond donors (Lipinski definition) is 2. The summed E-state index contributed by atoms with van der Waals surface area (Å²) in [6.07, 6.45) is 2.89. The van der Waals surface area contributed by atoms with Crippen LogP contribution in [-0.4, -0.2) is 28.5 Å². The first-order valence-corrected chi connectivity index (χ1v) is 5.52. The van der Waals surface area contributed by atoms with Gasteiger partial charge in [-0.05, 0) is 12.8 Å². The average molecular weight is 222 g/mol. The number of aromatic nitrogens is 1. The van der Waals surface area contributed by atoms with Crippen LogP contribution in [0.1, 0.15) is 24.3 Å². The molecule has 0 saturated heterocycles. The summed E-state index contributed by atoms with van der Waals surface area (Å²) >= 11 is 0. The molecule has 1 aromatic rings. The minimum Gasteiger partial charge on any atom is -0.428 e. The zero-order chi connectivity index (χ0) is 11.1. The number of nitrogen functional groups attached to an aromatic ring is 1. The van der Waals surface area contributed by atoms with Crippen LogP contribution in [0.2, 0.25) is 0 Å². The Bertz CT molecular complexity index is 424. The molecule has 2 aliphatic rings. The summed E-state index contributed by atoms with van der Waals surface area (Å²) in [5.74, 6) is 0.813. The van der Waals surface area contributed by atoms with Crippen LogP contribution in [0.4, 0.5) is 10.8 Å². The second-order valence-electron chi connectivity index (χ2n) is 4.32. The predicted octanol–water partition coefficient (Wildman–Crippen LogP) is 0.487. The fourth-order valence-corrected chi connectivity index (χ4v) is 1.89. The van der Waals surface area contributed by atoms with Gasteiger partial charge in [0.05, 0.1) is 6.54 Å². The summed E-state index contributed by atoms with van der Waals surface area (Å²) in [7, 11) is 0. The Labute approximate surface area is 92.8 Å². The highest BCUT2D eigenvalue weighted by atomic mass is 16.4. The van der Waals surface area contributed by atoms with E-state index < -0.39 is 0 Å². The van der Waals surface area contributed by atoms with Crippen molar-refractivity contribution in [1.29, 1.82) is 0 Å². The highest BCUT2D eigenvalue weighted by Crippen LogP contribution is 2.22. The fourth-order valence-electron chi connectivity index (χ4n) is 1.89. The molecular formula is C10H14N4O2. The van der Waals surface area contributed by atoms with Crippen LogP contribution in [0.15, 0.2) is 4.42 Å². The maximum atomic E-state index is 11.8. The van der Waals surface area contributed by atoms with Gasteiger partial charge in [0, 0.05) is 19.0 Å². The Kier molecular flexibility index (Phi) is 2.02. The lowest BCUT2D eigenvalue weighted by Crippen LogP contribution is -2.43. The molecule has 0 radical (unpaired) electrons. The third kappa shape index (κ3) is 1.70. The standard InChI is InChI=1S/C10H14N4O2/c11-9-13-7-5-14(4-3-8(7)16-9)10(15)12-6-1-2-6/h6H,1-5H2,(H2,11,13)(H,12,15). The lowest BCUT2D eigenvalue weighted by Gasteiger charge is -2.25. The molecule has 0 unspecified atom stereocenters. The van der Waals surface area contributed by atoms with E-state index in [4.69, 9.17) is 10.2 Å². The molecule has 3 N–H and O–H groups in total. The van der Waals surface area contributed by atoms with Gasteiger partial charge in [0.2, 0.25) is 0 Å². The Morgan fingerprint density at radius 2 is 2.38 bits per heavy atom. The van der Waals surface area contributed by atoms with Gasteiger partial charge in [-0.3, -0.25) is 0 Å². The number of anilines is 1. The quantitative estimate of drug-likeness (QED) is 0.724. The Morgan fingerprint density at radius 3 is 3.12 bits per heavy atom. The molecule has 0 atom stereocenters. The van der Waals surface area contributed by atoms with E-state index in [1.165, 1.54) is 0 Å². The van der Waals surface area contributed by atoms with Crippen molar-refractivity contribution in [2.24, 2.45) is 0 Å². The monoisotopic (exact) mass is 222 g/mol. The molecule has 1 saturated carbocycles. The van der Waals surface area contributed by atoms with E-state index in [-0.39, 0.29) is 12.0 Å². The molecule has 0 spiro atoms. The molecule has 1 aliphatic carbocycles. The van der Waals surface area contributed by atoms with E-state index in [0.29, 0.717) is 25.6 Å². The number of nitrogens with one attached hydrogen (secondary N) is 1. The number of carbonyl (C=O) groups excluding carboxylic acids is 1. The number of hydrogen-bond acceptors (Lipinski definition) is 4. The number of oxazole rings is 1. The third-order valence-electron chi connectivity index (χ3n) is 2.94. The molecule has 2 heterocycles. The van der Waals surface area contributed by atoms with Crippen molar-refractivity contribution in [2.45, 2.75) is 31.8 Å². The third-order valence-corrected chi connectivity index (χ3v) is 2.94. The van der Waals surface area contributed by atoms with Crippen LogP contribution in [-0.2, 0) is 13.0 Å². The van der Waals surface area contributed by atoms with Gasteiger partial charge in [-0.1, -0.05) is 0 Å². The van der Waals surface area contributed by atoms with Gasteiger partial charge in [0.1, 0.15) is 11.5 Å². The highest BCUT2D eigenvalue weighted by Gasteiger charge is 2.29. The summed E-state index contributed by atoms with van der Waals surface area (Å²) in [5, 5.41) is 2.96. The molecule has 16 heavy (non-hydrogen) atoms.